The first-order chi connectivity index (χ1) is 8.52. The number of benzene rings is 1. The minimum atomic E-state index is -0.317. The van der Waals surface area contributed by atoms with E-state index in [1.165, 1.54) is 13.2 Å². The summed E-state index contributed by atoms with van der Waals surface area (Å²) >= 11 is 5.99. The van der Waals surface area contributed by atoms with Gasteiger partial charge in [0.1, 0.15) is 11.5 Å². The van der Waals surface area contributed by atoms with Gasteiger partial charge in [0.25, 0.3) is 0 Å². The second-order valence-electron chi connectivity index (χ2n) is 4.22. The molecule has 0 unspecified atom stereocenters. The van der Waals surface area contributed by atoms with Crippen LogP contribution in [0.5, 0.6) is 11.5 Å². The first-order valence-corrected chi connectivity index (χ1v) is 5.92. The molecule has 1 aliphatic rings. The zero-order valence-corrected chi connectivity index (χ0v) is 10.7. The van der Waals surface area contributed by atoms with Crippen molar-refractivity contribution in [2.24, 2.45) is 0 Å². The Morgan fingerprint density at radius 2 is 2.17 bits per heavy atom. The highest BCUT2D eigenvalue weighted by Crippen LogP contribution is 2.38. The highest BCUT2D eigenvalue weighted by Gasteiger charge is 2.24. The normalized spacial score (nSPS) is 15.2. The smallest absolute Gasteiger partial charge is 0.319 e. The summed E-state index contributed by atoms with van der Waals surface area (Å²) in [6.45, 7) is 1.22. The third-order valence-electron chi connectivity index (χ3n) is 3.08. The van der Waals surface area contributed by atoms with Gasteiger partial charge in [0.05, 0.1) is 18.7 Å². The molecule has 0 aliphatic carbocycles. The summed E-state index contributed by atoms with van der Waals surface area (Å²) in [5, 5.41) is 19.6. The third-order valence-corrected chi connectivity index (χ3v) is 3.50. The monoisotopic (exact) mass is 271 g/mol. The quantitative estimate of drug-likeness (QED) is 0.793. The van der Waals surface area contributed by atoms with Crippen molar-refractivity contribution in [2.45, 2.75) is 13.0 Å². The molecule has 0 radical (unpaired) electrons. The van der Waals surface area contributed by atoms with Gasteiger partial charge in [-0.15, -0.1) is 0 Å². The Kier molecular flexibility index (Phi) is 3.63. The van der Waals surface area contributed by atoms with Crippen LogP contribution in [0.2, 0.25) is 5.02 Å². The Morgan fingerprint density at radius 1 is 1.44 bits per heavy atom. The summed E-state index contributed by atoms with van der Waals surface area (Å²) in [6.07, 6.45) is 0.577. The van der Waals surface area contributed by atoms with Crippen LogP contribution in [0.25, 0.3) is 0 Å². The summed E-state index contributed by atoms with van der Waals surface area (Å²) < 4.78 is 4.60. The summed E-state index contributed by atoms with van der Waals surface area (Å²) in [7, 11) is 1.34. The molecule has 2 rings (SSSR count). The van der Waals surface area contributed by atoms with Gasteiger partial charge in [-0.3, -0.25) is 9.69 Å². The molecule has 6 heteroatoms. The SMILES string of the molecule is COC(=O)CN1CCc2c(Cl)c(O)cc(O)c2C1. The fraction of sp³-hybridized carbons (Fsp3) is 0.417. The molecule has 0 saturated carbocycles. The Hall–Kier alpha value is -1.46. The largest absolute Gasteiger partial charge is 0.507 e. The van der Waals surface area contributed by atoms with Crippen LogP contribution in [-0.2, 0) is 22.5 Å². The molecule has 1 heterocycles. The number of phenolic OH excluding ortho intramolecular Hbond substituents is 2. The van der Waals surface area contributed by atoms with E-state index in [2.05, 4.69) is 4.74 Å². The molecule has 2 N–H and O–H groups in total. The van der Waals surface area contributed by atoms with Crippen molar-refractivity contribution in [3.8, 4) is 11.5 Å². The Bertz CT molecular complexity index is 489. The van der Waals surface area contributed by atoms with Crippen molar-refractivity contribution in [2.75, 3.05) is 20.2 Å². The first kappa shape index (κ1) is 13.0. The zero-order valence-electron chi connectivity index (χ0n) is 9.94. The van der Waals surface area contributed by atoms with E-state index in [1.807, 2.05) is 4.90 Å². The van der Waals surface area contributed by atoms with Crippen LogP contribution in [0, 0.1) is 0 Å². The Labute approximate surface area is 110 Å². The van der Waals surface area contributed by atoms with E-state index in [9.17, 15) is 15.0 Å². The van der Waals surface area contributed by atoms with Crippen molar-refractivity contribution >= 4 is 17.6 Å². The highest BCUT2D eigenvalue weighted by atomic mass is 35.5. The predicted molar refractivity (Wildman–Crippen MR) is 65.8 cm³/mol. The number of carbonyl (C=O) groups excluding carboxylic acids is 1. The molecule has 0 atom stereocenters. The number of hydrogen-bond acceptors (Lipinski definition) is 5. The molecule has 5 nitrogen and oxygen atoms in total. The summed E-state index contributed by atoms with van der Waals surface area (Å²) in [4.78, 5) is 13.1. The minimum Gasteiger partial charge on any atom is -0.507 e. The topological polar surface area (TPSA) is 70.0 Å². The second kappa shape index (κ2) is 5.04. The molecule has 0 aromatic heterocycles. The molecule has 0 amide bonds. The van der Waals surface area contributed by atoms with Crippen LogP contribution in [0.4, 0.5) is 0 Å². The standard InChI is InChI=1S/C12H14ClNO4/c1-18-11(17)6-14-3-2-7-8(5-14)9(15)4-10(16)12(7)13/h4,15-16H,2-3,5-6H2,1H3. The number of ether oxygens (including phenoxy) is 1. The lowest BCUT2D eigenvalue weighted by molar-refractivity contribution is -0.142. The number of nitrogens with zero attached hydrogens (tertiary/aromatic N) is 1. The van der Waals surface area contributed by atoms with Crippen molar-refractivity contribution < 1.29 is 19.7 Å². The molecule has 0 saturated heterocycles. The summed E-state index contributed by atoms with van der Waals surface area (Å²) in [5.74, 6) is -0.432. The van der Waals surface area contributed by atoms with Crippen LogP contribution < -0.4 is 0 Å². The molecular formula is C12H14ClNO4. The van der Waals surface area contributed by atoms with E-state index in [4.69, 9.17) is 11.6 Å². The maximum atomic E-state index is 11.2. The molecule has 0 spiro atoms. The number of halogens is 1. The van der Waals surface area contributed by atoms with E-state index in [1.54, 1.807) is 0 Å². The first-order valence-electron chi connectivity index (χ1n) is 5.54. The van der Waals surface area contributed by atoms with E-state index < -0.39 is 0 Å². The molecule has 1 aromatic rings. The number of esters is 1. The highest BCUT2D eigenvalue weighted by molar-refractivity contribution is 6.33. The fourth-order valence-electron chi connectivity index (χ4n) is 2.11. The lowest BCUT2D eigenvalue weighted by Crippen LogP contribution is -2.35. The maximum absolute atomic E-state index is 11.2. The average molecular weight is 272 g/mol. The zero-order chi connectivity index (χ0) is 13.3. The van der Waals surface area contributed by atoms with Crippen LogP contribution in [0.3, 0.4) is 0 Å². The van der Waals surface area contributed by atoms with Gasteiger partial charge in [-0.1, -0.05) is 11.6 Å². The predicted octanol–water partition coefficient (Wildman–Crippen LogP) is 1.28. The lowest BCUT2D eigenvalue weighted by Gasteiger charge is -2.29. The van der Waals surface area contributed by atoms with Crippen molar-refractivity contribution in [3.63, 3.8) is 0 Å². The van der Waals surface area contributed by atoms with E-state index >= 15 is 0 Å². The average Bonchev–Trinajstić information content (AvgIpc) is 2.36. The molecule has 0 bridgehead atoms. The fourth-order valence-corrected chi connectivity index (χ4v) is 2.38. The van der Waals surface area contributed by atoms with Gasteiger partial charge in [0.15, 0.2) is 0 Å². The van der Waals surface area contributed by atoms with E-state index in [0.717, 1.165) is 5.56 Å². The molecule has 98 valence electrons. The van der Waals surface area contributed by atoms with Gasteiger partial charge >= 0.3 is 5.97 Å². The molecule has 0 fully saturated rings. The second-order valence-corrected chi connectivity index (χ2v) is 4.60. The van der Waals surface area contributed by atoms with Crippen molar-refractivity contribution in [1.29, 1.82) is 0 Å². The minimum absolute atomic E-state index is 0.00136. The molecule has 1 aliphatic heterocycles. The van der Waals surface area contributed by atoms with Crippen LogP contribution in [0.1, 0.15) is 11.1 Å². The van der Waals surface area contributed by atoms with Crippen molar-refractivity contribution in [3.05, 3.63) is 22.2 Å². The van der Waals surface area contributed by atoms with E-state index in [0.29, 0.717) is 25.1 Å². The van der Waals surface area contributed by atoms with Crippen LogP contribution in [-0.4, -0.2) is 41.3 Å². The Morgan fingerprint density at radius 3 is 2.83 bits per heavy atom. The van der Waals surface area contributed by atoms with Gasteiger partial charge in [-0.2, -0.15) is 0 Å². The Balaban J connectivity index is 2.24. The van der Waals surface area contributed by atoms with E-state index in [-0.39, 0.29) is 29.0 Å². The molecule has 1 aromatic carbocycles. The number of aromatic hydroxyl groups is 2. The van der Waals surface area contributed by atoms with Crippen LogP contribution >= 0.6 is 11.6 Å². The van der Waals surface area contributed by atoms with Gasteiger partial charge in [0.2, 0.25) is 0 Å². The van der Waals surface area contributed by atoms with Gasteiger partial charge in [-0.05, 0) is 12.0 Å². The number of fused-ring (bicyclic) bond motifs is 1. The van der Waals surface area contributed by atoms with Gasteiger partial charge < -0.3 is 14.9 Å². The number of rotatable bonds is 2. The maximum Gasteiger partial charge on any atom is 0.319 e. The lowest BCUT2D eigenvalue weighted by atomic mass is 9.98. The van der Waals surface area contributed by atoms with Crippen LogP contribution in [0.15, 0.2) is 6.07 Å². The number of phenols is 2. The van der Waals surface area contributed by atoms with Crippen molar-refractivity contribution in [1.82, 2.24) is 4.90 Å². The summed E-state index contributed by atoms with van der Waals surface area (Å²) in [6, 6.07) is 1.23. The van der Waals surface area contributed by atoms with Gasteiger partial charge in [-0.25, -0.2) is 0 Å². The van der Waals surface area contributed by atoms with Gasteiger partial charge in [0, 0.05) is 24.7 Å². The molecule has 18 heavy (non-hydrogen) atoms. The molecular weight excluding hydrogens is 258 g/mol. The number of carbonyl (C=O) groups is 1. The number of hydrogen-bond donors (Lipinski definition) is 2. The number of methoxy groups -OCH3 is 1. The summed E-state index contributed by atoms with van der Waals surface area (Å²) in [5.41, 5.74) is 1.41. The third kappa shape index (κ3) is 2.37.